The molecule has 0 atom stereocenters. The van der Waals surface area contributed by atoms with Crippen molar-refractivity contribution < 1.29 is 14.7 Å². The number of likely N-dealkylation sites (N-methyl/N-ethyl adjacent to an activating group) is 1. The minimum atomic E-state index is -0.921. The zero-order chi connectivity index (χ0) is 31.4. The van der Waals surface area contributed by atoms with Gasteiger partial charge in [0.1, 0.15) is 11.4 Å². The van der Waals surface area contributed by atoms with Crippen molar-refractivity contribution in [3.8, 4) is 21.8 Å². The van der Waals surface area contributed by atoms with Gasteiger partial charge in [0, 0.05) is 18.5 Å². The van der Waals surface area contributed by atoms with Gasteiger partial charge in [0.05, 0.1) is 42.7 Å². The summed E-state index contributed by atoms with van der Waals surface area (Å²) in [5.74, 6) is -0.527. The number of carboxylic acid groups (broad SMARTS) is 1. The molecule has 4 aromatic heterocycles. The number of likely N-dealkylation sites (tertiary alicyclic amines) is 1. The highest BCUT2D eigenvalue weighted by molar-refractivity contribution is 7.21. The van der Waals surface area contributed by atoms with Gasteiger partial charge in [-0.2, -0.15) is 0 Å². The quantitative estimate of drug-likeness (QED) is 0.197. The van der Waals surface area contributed by atoms with Gasteiger partial charge < -0.3 is 19.5 Å². The zero-order valence-electron chi connectivity index (χ0n) is 26.3. The number of aromatic carboxylic acids is 1. The van der Waals surface area contributed by atoms with E-state index in [1.54, 1.807) is 17.4 Å². The first kappa shape index (κ1) is 30.1. The summed E-state index contributed by atoms with van der Waals surface area (Å²) in [4.78, 5) is 41.4. The summed E-state index contributed by atoms with van der Waals surface area (Å²) in [7, 11) is 4.06. The first-order chi connectivity index (χ1) is 21.7. The SMILES string of the molecule is Cc1nc(C)c(-c2ccc3cc(-c4c(C5CCCC5)c5sc(C(=O)O)cc5n4CC(=O)N(C)C4CCN(C)CC4)ccc3n2)s1. The van der Waals surface area contributed by atoms with Crippen LogP contribution in [0.3, 0.4) is 0 Å². The van der Waals surface area contributed by atoms with E-state index < -0.39 is 5.97 Å². The number of hydrogen-bond acceptors (Lipinski definition) is 7. The first-order valence-corrected chi connectivity index (χ1v) is 17.5. The Bertz CT molecular complexity index is 1920. The minimum absolute atomic E-state index is 0.0612. The molecule has 2 aliphatic rings. The van der Waals surface area contributed by atoms with Crippen LogP contribution in [-0.2, 0) is 11.3 Å². The van der Waals surface area contributed by atoms with E-state index in [1.807, 2.05) is 25.8 Å². The molecule has 45 heavy (non-hydrogen) atoms. The Morgan fingerprint density at radius 2 is 1.76 bits per heavy atom. The van der Waals surface area contributed by atoms with Crippen molar-refractivity contribution >= 4 is 55.7 Å². The minimum Gasteiger partial charge on any atom is -0.477 e. The topological polar surface area (TPSA) is 91.6 Å². The number of piperidine rings is 1. The largest absolute Gasteiger partial charge is 0.477 e. The summed E-state index contributed by atoms with van der Waals surface area (Å²) >= 11 is 3.01. The lowest BCUT2D eigenvalue weighted by Crippen LogP contribution is -2.45. The van der Waals surface area contributed by atoms with E-state index in [9.17, 15) is 14.7 Å². The molecule has 5 aromatic rings. The van der Waals surface area contributed by atoms with Crippen molar-refractivity contribution in [1.82, 2.24) is 24.3 Å². The van der Waals surface area contributed by atoms with Crippen molar-refractivity contribution in [1.29, 1.82) is 0 Å². The maximum Gasteiger partial charge on any atom is 0.345 e. The highest BCUT2D eigenvalue weighted by atomic mass is 32.1. The van der Waals surface area contributed by atoms with Crippen molar-refractivity contribution in [3.63, 3.8) is 0 Å². The van der Waals surface area contributed by atoms with Crippen molar-refractivity contribution in [2.45, 2.75) is 70.9 Å². The molecule has 1 aliphatic carbocycles. The Hall–Kier alpha value is -3.60. The number of aryl methyl sites for hydroxylation is 2. The lowest BCUT2D eigenvalue weighted by molar-refractivity contribution is -0.133. The van der Waals surface area contributed by atoms with E-state index in [4.69, 9.17) is 4.98 Å². The first-order valence-electron chi connectivity index (χ1n) is 15.9. The fourth-order valence-corrected chi connectivity index (χ4v) is 9.34. The molecule has 7 rings (SSSR count). The number of fused-ring (bicyclic) bond motifs is 2. The van der Waals surface area contributed by atoms with Crippen LogP contribution in [0.4, 0.5) is 0 Å². The molecule has 5 heterocycles. The number of pyridine rings is 1. The van der Waals surface area contributed by atoms with Crippen LogP contribution in [0.2, 0.25) is 0 Å². The molecular weight excluding hydrogens is 603 g/mol. The molecule has 8 nitrogen and oxygen atoms in total. The number of thiophene rings is 1. The number of hydrogen-bond donors (Lipinski definition) is 1. The molecule has 1 aliphatic heterocycles. The molecule has 1 amide bonds. The molecule has 234 valence electrons. The standard InChI is InChI=1S/C35H39N5O3S2/c1-20-33(44-21(2)36-20)27-12-9-23-17-24(10-11-26(23)37-27)32-31(22-7-5-6-8-22)34-28(18-29(45-34)35(42)43)40(32)19-30(41)39(4)25-13-15-38(3)16-14-25/h9-12,17-18,22,25H,5-8,13-16,19H2,1-4H3,(H,42,43). The maximum absolute atomic E-state index is 14.0. The van der Waals surface area contributed by atoms with Crippen LogP contribution in [0.15, 0.2) is 36.4 Å². The number of nitrogens with zero attached hydrogens (tertiary/aromatic N) is 5. The van der Waals surface area contributed by atoms with Crippen LogP contribution < -0.4 is 0 Å². The molecule has 0 spiro atoms. The third-order valence-electron chi connectivity index (χ3n) is 9.77. The van der Waals surface area contributed by atoms with E-state index in [-0.39, 0.29) is 18.5 Å². The number of carboxylic acids is 1. The summed E-state index contributed by atoms with van der Waals surface area (Å²) in [6, 6.07) is 12.6. The van der Waals surface area contributed by atoms with E-state index in [2.05, 4.69) is 51.8 Å². The van der Waals surface area contributed by atoms with Gasteiger partial charge in [-0.15, -0.1) is 22.7 Å². The van der Waals surface area contributed by atoms with E-state index in [1.165, 1.54) is 16.9 Å². The van der Waals surface area contributed by atoms with Crippen LogP contribution in [-0.4, -0.2) is 74.5 Å². The fourth-order valence-electron chi connectivity index (χ4n) is 7.32. The molecule has 0 radical (unpaired) electrons. The van der Waals surface area contributed by atoms with Gasteiger partial charge in [0.25, 0.3) is 0 Å². The fraction of sp³-hybridized carbons (Fsp3) is 0.429. The Kier molecular flexibility index (Phi) is 8.00. The van der Waals surface area contributed by atoms with Crippen LogP contribution >= 0.6 is 22.7 Å². The average molecular weight is 642 g/mol. The van der Waals surface area contributed by atoms with Gasteiger partial charge in [0.2, 0.25) is 5.91 Å². The second-order valence-corrected chi connectivity index (χ2v) is 15.0. The van der Waals surface area contributed by atoms with Crippen molar-refractivity contribution in [2.24, 2.45) is 0 Å². The van der Waals surface area contributed by atoms with Gasteiger partial charge in [-0.1, -0.05) is 25.0 Å². The Morgan fingerprint density at radius 3 is 2.44 bits per heavy atom. The maximum atomic E-state index is 14.0. The van der Waals surface area contributed by atoms with Crippen LogP contribution in [0.5, 0.6) is 0 Å². The molecule has 1 saturated heterocycles. The van der Waals surface area contributed by atoms with Crippen LogP contribution in [0.1, 0.15) is 70.4 Å². The van der Waals surface area contributed by atoms with Gasteiger partial charge in [-0.3, -0.25) is 4.79 Å². The molecule has 10 heteroatoms. The summed E-state index contributed by atoms with van der Waals surface area (Å²) in [5, 5.41) is 12.0. The normalized spacial score (nSPS) is 16.7. The summed E-state index contributed by atoms with van der Waals surface area (Å²) in [6.07, 6.45) is 6.38. The monoisotopic (exact) mass is 641 g/mol. The Balaban J connectivity index is 1.35. The number of thiazole rings is 1. The second-order valence-electron chi connectivity index (χ2n) is 12.8. The third kappa shape index (κ3) is 5.57. The van der Waals surface area contributed by atoms with Crippen molar-refractivity contribution in [3.05, 3.63) is 57.5 Å². The molecule has 1 N–H and O–H groups in total. The predicted octanol–water partition coefficient (Wildman–Crippen LogP) is 7.57. The highest BCUT2D eigenvalue weighted by Crippen LogP contribution is 2.48. The molecule has 0 bridgehead atoms. The molecule has 0 unspecified atom stereocenters. The highest BCUT2D eigenvalue weighted by Gasteiger charge is 2.32. The lowest BCUT2D eigenvalue weighted by atomic mass is 9.94. The molecular formula is C35H39N5O3S2. The van der Waals surface area contributed by atoms with Gasteiger partial charge in [-0.05, 0) is 101 Å². The molecule has 2 fully saturated rings. The Labute approximate surface area is 271 Å². The number of carbonyl (C=O) groups excluding carboxylic acids is 1. The summed E-state index contributed by atoms with van der Waals surface area (Å²) < 4.78 is 3.13. The number of rotatable bonds is 7. The van der Waals surface area contributed by atoms with Crippen molar-refractivity contribution in [2.75, 3.05) is 27.2 Å². The van der Waals surface area contributed by atoms with Gasteiger partial charge in [-0.25, -0.2) is 14.8 Å². The number of amides is 1. The average Bonchev–Trinajstić information content (AvgIpc) is 3.82. The lowest BCUT2D eigenvalue weighted by Gasteiger charge is -2.35. The number of carbonyl (C=O) groups is 2. The third-order valence-corrected chi connectivity index (χ3v) is 12.0. The van der Waals surface area contributed by atoms with E-state index in [0.717, 1.165) is 105 Å². The van der Waals surface area contributed by atoms with E-state index >= 15 is 0 Å². The van der Waals surface area contributed by atoms with E-state index in [0.29, 0.717) is 10.8 Å². The molecule has 1 saturated carbocycles. The second kappa shape index (κ2) is 12.0. The van der Waals surface area contributed by atoms with Gasteiger partial charge in [0.15, 0.2) is 0 Å². The Morgan fingerprint density at radius 1 is 1.00 bits per heavy atom. The number of aromatic nitrogens is 3. The summed E-state index contributed by atoms with van der Waals surface area (Å²) in [6.45, 7) is 6.19. The predicted molar refractivity (Wildman–Crippen MR) is 183 cm³/mol. The molecule has 1 aromatic carbocycles. The van der Waals surface area contributed by atoms with Crippen LogP contribution in [0.25, 0.3) is 42.9 Å². The number of benzene rings is 1. The van der Waals surface area contributed by atoms with Gasteiger partial charge >= 0.3 is 5.97 Å². The van der Waals surface area contributed by atoms with Crippen LogP contribution in [0, 0.1) is 13.8 Å². The smallest absolute Gasteiger partial charge is 0.345 e. The summed E-state index contributed by atoms with van der Waals surface area (Å²) in [5.41, 5.74) is 6.98. The zero-order valence-corrected chi connectivity index (χ0v) is 27.9.